The maximum Gasteiger partial charge on any atom is 0.269 e. The molecule has 6 nitrogen and oxygen atoms in total. The molecule has 0 spiro atoms. The summed E-state index contributed by atoms with van der Waals surface area (Å²) in [6.45, 7) is 2.89. The topological polar surface area (TPSA) is 67.6 Å². The van der Waals surface area contributed by atoms with E-state index in [4.69, 9.17) is 4.74 Å². The summed E-state index contributed by atoms with van der Waals surface area (Å²) in [5.74, 6) is 0. The van der Waals surface area contributed by atoms with E-state index in [1.807, 2.05) is 0 Å². The van der Waals surface area contributed by atoms with Gasteiger partial charge in [0.25, 0.3) is 5.69 Å². The highest BCUT2D eigenvalue weighted by molar-refractivity contribution is 5.56. The number of hydrogen-bond donors (Lipinski definition) is 1. The summed E-state index contributed by atoms with van der Waals surface area (Å²) in [5, 5.41) is 14.3. The van der Waals surface area contributed by atoms with Crippen LogP contribution in [0.1, 0.15) is 11.1 Å². The number of rotatable bonds is 7. The van der Waals surface area contributed by atoms with Crippen molar-refractivity contribution in [2.45, 2.75) is 13.2 Å². The highest BCUT2D eigenvalue weighted by atomic mass is 16.6. The van der Waals surface area contributed by atoms with Gasteiger partial charge in [0.1, 0.15) is 0 Å². The van der Waals surface area contributed by atoms with Crippen molar-refractivity contribution in [2.75, 3.05) is 30.4 Å². The van der Waals surface area contributed by atoms with Gasteiger partial charge in [0.15, 0.2) is 0 Å². The van der Waals surface area contributed by atoms with Gasteiger partial charge in [-0.25, -0.2) is 0 Å². The highest BCUT2D eigenvalue weighted by Gasteiger charge is 2.11. The Morgan fingerprint density at radius 1 is 1.16 bits per heavy atom. The maximum atomic E-state index is 10.9. The van der Waals surface area contributed by atoms with Crippen molar-refractivity contribution in [2.24, 2.45) is 0 Å². The molecule has 0 atom stereocenters. The van der Waals surface area contributed by atoms with Crippen LogP contribution < -0.4 is 10.2 Å². The lowest BCUT2D eigenvalue weighted by molar-refractivity contribution is -0.384. The van der Waals surface area contributed by atoms with E-state index in [1.165, 1.54) is 11.8 Å². The van der Waals surface area contributed by atoms with Crippen LogP contribution in [0.4, 0.5) is 17.1 Å². The molecule has 0 amide bonds. The molecule has 0 bridgehead atoms. The van der Waals surface area contributed by atoms with Gasteiger partial charge in [-0.2, -0.15) is 0 Å². The number of benzene rings is 2. The number of nitro benzene ring substituents is 1. The standard InChI is InChI=1S/C19H21N3O3/c1-25-14-16-12-18(22(23)24)8-9-19(16)20-13-15-4-6-17(7-5-15)21-10-2-3-11-21/h2-9,12,20H,10-11,13-14H2,1H3. The molecule has 3 rings (SSSR count). The molecule has 130 valence electrons. The first-order chi connectivity index (χ1) is 12.2. The minimum Gasteiger partial charge on any atom is -0.381 e. The molecule has 1 aliphatic rings. The predicted molar refractivity (Wildman–Crippen MR) is 98.9 cm³/mol. The van der Waals surface area contributed by atoms with Crippen LogP contribution in [0.15, 0.2) is 54.6 Å². The molecule has 6 heteroatoms. The van der Waals surface area contributed by atoms with Crippen molar-refractivity contribution < 1.29 is 9.66 Å². The molecule has 0 fully saturated rings. The third-order valence-corrected chi connectivity index (χ3v) is 4.20. The van der Waals surface area contributed by atoms with Crippen LogP contribution in [-0.2, 0) is 17.9 Å². The molecule has 0 radical (unpaired) electrons. The van der Waals surface area contributed by atoms with Crippen LogP contribution in [-0.4, -0.2) is 25.1 Å². The predicted octanol–water partition coefficient (Wildman–Crippen LogP) is 3.73. The van der Waals surface area contributed by atoms with Crippen LogP contribution in [0.5, 0.6) is 0 Å². The molecular formula is C19H21N3O3. The summed E-state index contributed by atoms with van der Waals surface area (Å²) in [7, 11) is 1.58. The fraction of sp³-hybridized carbons (Fsp3) is 0.263. The third kappa shape index (κ3) is 4.16. The average Bonchev–Trinajstić information content (AvgIpc) is 3.16. The van der Waals surface area contributed by atoms with Gasteiger partial charge in [-0.3, -0.25) is 10.1 Å². The van der Waals surface area contributed by atoms with Gasteiger partial charge in [0.2, 0.25) is 0 Å². The van der Waals surface area contributed by atoms with Crippen molar-refractivity contribution in [3.05, 3.63) is 75.9 Å². The van der Waals surface area contributed by atoms with Crippen molar-refractivity contribution in [3.63, 3.8) is 0 Å². The second-order valence-corrected chi connectivity index (χ2v) is 5.93. The van der Waals surface area contributed by atoms with Crippen molar-refractivity contribution in [1.82, 2.24) is 0 Å². The summed E-state index contributed by atoms with van der Waals surface area (Å²) in [6, 6.07) is 13.2. The van der Waals surface area contributed by atoms with E-state index in [9.17, 15) is 10.1 Å². The number of nitro groups is 1. The maximum absolute atomic E-state index is 10.9. The Bertz CT molecular complexity index is 764. The van der Waals surface area contributed by atoms with Crippen LogP contribution in [0.3, 0.4) is 0 Å². The highest BCUT2D eigenvalue weighted by Crippen LogP contribution is 2.24. The Morgan fingerprint density at radius 3 is 2.52 bits per heavy atom. The SMILES string of the molecule is COCc1cc([N+](=O)[O-])ccc1NCc1ccc(N2CC=CC2)cc1. The van der Waals surface area contributed by atoms with Crippen LogP contribution in [0, 0.1) is 10.1 Å². The lowest BCUT2D eigenvalue weighted by Gasteiger charge is -2.18. The van der Waals surface area contributed by atoms with Gasteiger partial charge in [-0.15, -0.1) is 0 Å². The van der Waals surface area contributed by atoms with E-state index in [-0.39, 0.29) is 5.69 Å². The monoisotopic (exact) mass is 339 g/mol. The van der Waals surface area contributed by atoms with Crippen molar-refractivity contribution >= 4 is 17.1 Å². The molecule has 1 aliphatic heterocycles. The summed E-state index contributed by atoms with van der Waals surface area (Å²) in [4.78, 5) is 12.8. The van der Waals surface area contributed by atoms with E-state index >= 15 is 0 Å². The fourth-order valence-electron chi connectivity index (χ4n) is 2.85. The third-order valence-electron chi connectivity index (χ3n) is 4.20. The molecule has 1 heterocycles. The Hall–Kier alpha value is -2.86. The minimum absolute atomic E-state index is 0.0705. The largest absolute Gasteiger partial charge is 0.381 e. The summed E-state index contributed by atoms with van der Waals surface area (Å²) < 4.78 is 5.15. The zero-order chi connectivity index (χ0) is 17.6. The zero-order valence-corrected chi connectivity index (χ0v) is 14.1. The zero-order valence-electron chi connectivity index (χ0n) is 14.1. The molecule has 2 aromatic carbocycles. The van der Waals surface area contributed by atoms with Crippen molar-refractivity contribution in [3.8, 4) is 0 Å². The van der Waals surface area contributed by atoms with E-state index in [0.717, 1.165) is 29.9 Å². The van der Waals surface area contributed by atoms with Crippen LogP contribution >= 0.6 is 0 Å². The Morgan fingerprint density at radius 2 is 1.88 bits per heavy atom. The number of nitrogens with one attached hydrogen (secondary N) is 1. The molecule has 0 aromatic heterocycles. The smallest absolute Gasteiger partial charge is 0.269 e. The normalized spacial score (nSPS) is 13.2. The number of ether oxygens (including phenoxy) is 1. The lowest BCUT2D eigenvalue weighted by Crippen LogP contribution is -2.18. The molecule has 0 saturated carbocycles. The van der Waals surface area contributed by atoms with Crippen LogP contribution in [0.2, 0.25) is 0 Å². The van der Waals surface area contributed by atoms with E-state index in [2.05, 4.69) is 46.6 Å². The van der Waals surface area contributed by atoms with Gasteiger partial charge in [-0.05, 0) is 23.8 Å². The number of anilines is 2. The summed E-state index contributed by atoms with van der Waals surface area (Å²) in [6.07, 6.45) is 4.34. The molecule has 0 aliphatic carbocycles. The molecule has 1 N–H and O–H groups in total. The molecule has 25 heavy (non-hydrogen) atoms. The number of methoxy groups -OCH3 is 1. The van der Waals surface area contributed by atoms with Gasteiger partial charge >= 0.3 is 0 Å². The molecule has 2 aromatic rings. The Labute approximate surface area is 146 Å². The Balaban J connectivity index is 1.67. The molecule has 0 saturated heterocycles. The first-order valence-corrected chi connectivity index (χ1v) is 8.16. The molecule has 0 unspecified atom stereocenters. The minimum atomic E-state index is -0.394. The van der Waals surface area contributed by atoms with Crippen LogP contribution in [0.25, 0.3) is 0 Å². The summed E-state index contributed by atoms with van der Waals surface area (Å²) >= 11 is 0. The van der Waals surface area contributed by atoms with Gasteiger partial charge in [0, 0.05) is 55.8 Å². The van der Waals surface area contributed by atoms with Gasteiger partial charge in [-0.1, -0.05) is 24.3 Å². The van der Waals surface area contributed by atoms with E-state index in [0.29, 0.717) is 13.2 Å². The lowest BCUT2D eigenvalue weighted by atomic mass is 10.1. The quantitative estimate of drug-likeness (QED) is 0.473. The van der Waals surface area contributed by atoms with Crippen molar-refractivity contribution in [1.29, 1.82) is 0 Å². The first kappa shape index (κ1) is 17.0. The fourth-order valence-corrected chi connectivity index (χ4v) is 2.85. The van der Waals surface area contributed by atoms with E-state index in [1.54, 1.807) is 19.2 Å². The Kier molecular flexibility index (Phi) is 5.30. The number of nitrogens with zero attached hydrogens (tertiary/aromatic N) is 2. The second-order valence-electron chi connectivity index (χ2n) is 5.93. The summed E-state index contributed by atoms with van der Waals surface area (Å²) in [5.41, 5.74) is 4.06. The van der Waals surface area contributed by atoms with E-state index < -0.39 is 4.92 Å². The van der Waals surface area contributed by atoms with Gasteiger partial charge in [0.05, 0.1) is 11.5 Å². The number of non-ortho nitro benzene ring substituents is 1. The number of hydrogen-bond acceptors (Lipinski definition) is 5. The second kappa shape index (κ2) is 7.81. The van der Waals surface area contributed by atoms with Gasteiger partial charge < -0.3 is 15.0 Å². The molecular weight excluding hydrogens is 318 g/mol. The average molecular weight is 339 g/mol. The first-order valence-electron chi connectivity index (χ1n) is 8.16.